The molecule has 1 heterocycles. The molecule has 1 fully saturated rings. The zero-order valence-electron chi connectivity index (χ0n) is 14.0. The molecule has 6 heteroatoms. The Morgan fingerprint density at radius 1 is 1.12 bits per heavy atom. The van der Waals surface area contributed by atoms with Gasteiger partial charge in [-0.2, -0.15) is 4.98 Å². The highest BCUT2D eigenvalue weighted by molar-refractivity contribution is 5.48. The van der Waals surface area contributed by atoms with Crippen LogP contribution in [0, 0.1) is 0 Å². The van der Waals surface area contributed by atoms with Gasteiger partial charge in [-0.1, -0.05) is 12.5 Å². The second-order valence-electron chi connectivity index (χ2n) is 6.18. The fourth-order valence-electron chi connectivity index (χ4n) is 3.07. The first-order valence-electron chi connectivity index (χ1n) is 8.36. The van der Waals surface area contributed by atoms with Crippen LogP contribution in [0.2, 0.25) is 0 Å². The standard InChI is InChI=1S/C18H24N4O2/c1-23-16-10-12(9-13-11-21-18(20)22-17(13)19)7-8-15(16)24-14-5-3-2-4-6-14/h7-8,10-11,14H,2-6,9H2,1H3,(H4,19,20,21,22). The average molecular weight is 328 g/mol. The first-order chi connectivity index (χ1) is 11.7. The van der Waals surface area contributed by atoms with Gasteiger partial charge in [-0.25, -0.2) is 4.98 Å². The van der Waals surface area contributed by atoms with Gasteiger partial charge in [0.05, 0.1) is 13.2 Å². The molecule has 0 atom stereocenters. The second-order valence-corrected chi connectivity index (χ2v) is 6.18. The van der Waals surface area contributed by atoms with E-state index in [9.17, 15) is 0 Å². The molecule has 0 saturated heterocycles. The Morgan fingerprint density at radius 2 is 1.92 bits per heavy atom. The molecule has 3 rings (SSSR count). The van der Waals surface area contributed by atoms with Crippen LogP contribution in [0.15, 0.2) is 24.4 Å². The average Bonchev–Trinajstić information content (AvgIpc) is 2.59. The highest BCUT2D eigenvalue weighted by Crippen LogP contribution is 2.32. The lowest BCUT2D eigenvalue weighted by Gasteiger charge is -2.24. The summed E-state index contributed by atoms with van der Waals surface area (Å²) >= 11 is 0. The van der Waals surface area contributed by atoms with Crippen LogP contribution in [0.1, 0.15) is 43.2 Å². The van der Waals surface area contributed by atoms with Gasteiger partial charge in [-0.05, 0) is 43.4 Å². The molecule has 1 saturated carbocycles. The summed E-state index contributed by atoms with van der Waals surface area (Å²) in [6.07, 6.45) is 8.58. The summed E-state index contributed by atoms with van der Waals surface area (Å²) in [5.41, 5.74) is 13.3. The quantitative estimate of drug-likeness (QED) is 0.876. The highest BCUT2D eigenvalue weighted by atomic mass is 16.5. The minimum atomic E-state index is 0.185. The van der Waals surface area contributed by atoms with Crippen molar-refractivity contribution in [3.05, 3.63) is 35.5 Å². The Hall–Kier alpha value is -2.50. The number of nitrogens with zero attached hydrogens (tertiary/aromatic N) is 2. The van der Waals surface area contributed by atoms with Crippen molar-refractivity contribution in [2.75, 3.05) is 18.6 Å². The molecule has 0 unspecified atom stereocenters. The van der Waals surface area contributed by atoms with E-state index < -0.39 is 0 Å². The largest absolute Gasteiger partial charge is 0.493 e. The van der Waals surface area contributed by atoms with Crippen molar-refractivity contribution in [2.45, 2.75) is 44.6 Å². The lowest BCUT2D eigenvalue weighted by atomic mass is 9.98. The molecule has 1 aliphatic carbocycles. The summed E-state index contributed by atoms with van der Waals surface area (Å²) in [4.78, 5) is 8.00. The van der Waals surface area contributed by atoms with Crippen LogP contribution in [0.5, 0.6) is 11.5 Å². The van der Waals surface area contributed by atoms with E-state index in [-0.39, 0.29) is 5.95 Å². The third kappa shape index (κ3) is 3.88. The first kappa shape index (κ1) is 16.4. The van der Waals surface area contributed by atoms with Gasteiger partial charge in [0, 0.05) is 18.2 Å². The van der Waals surface area contributed by atoms with Gasteiger partial charge in [0.1, 0.15) is 5.82 Å². The molecule has 0 radical (unpaired) electrons. The minimum Gasteiger partial charge on any atom is -0.493 e. The first-order valence-corrected chi connectivity index (χ1v) is 8.36. The zero-order valence-corrected chi connectivity index (χ0v) is 14.0. The Balaban J connectivity index is 1.75. The van der Waals surface area contributed by atoms with Crippen molar-refractivity contribution >= 4 is 11.8 Å². The van der Waals surface area contributed by atoms with E-state index in [2.05, 4.69) is 9.97 Å². The normalized spacial score (nSPS) is 15.2. The van der Waals surface area contributed by atoms with Gasteiger partial charge in [0.25, 0.3) is 0 Å². The van der Waals surface area contributed by atoms with E-state index in [1.165, 1.54) is 19.3 Å². The lowest BCUT2D eigenvalue weighted by molar-refractivity contribution is 0.149. The number of rotatable bonds is 5. The Kier molecular flexibility index (Phi) is 5.03. The SMILES string of the molecule is COc1cc(Cc2cnc(N)nc2N)ccc1OC1CCCCC1. The van der Waals surface area contributed by atoms with Crippen molar-refractivity contribution in [3.63, 3.8) is 0 Å². The van der Waals surface area contributed by atoms with Crippen LogP contribution in [-0.4, -0.2) is 23.2 Å². The summed E-state index contributed by atoms with van der Waals surface area (Å²) in [7, 11) is 1.66. The van der Waals surface area contributed by atoms with Crippen molar-refractivity contribution in [2.24, 2.45) is 0 Å². The van der Waals surface area contributed by atoms with Crippen molar-refractivity contribution in [1.29, 1.82) is 0 Å². The number of nitrogen functional groups attached to an aromatic ring is 2. The fourth-order valence-corrected chi connectivity index (χ4v) is 3.07. The molecule has 1 aliphatic rings. The summed E-state index contributed by atoms with van der Waals surface area (Å²) in [5, 5.41) is 0. The van der Waals surface area contributed by atoms with Crippen LogP contribution in [0.4, 0.5) is 11.8 Å². The maximum absolute atomic E-state index is 6.13. The second kappa shape index (κ2) is 7.38. The molecule has 0 aliphatic heterocycles. The van der Waals surface area contributed by atoms with Crippen LogP contribution in [-0.2, 0) is 6.42 Å². The number of anilines is 2. The maximum atomic E-state index is 6.13. The Labute approximate surface area is 142 Å². The molecule has 0 amide bonds. The molecule has 2 aromatic rings. The molecule has 0 bridgehead atoms. The van der Waals surface area contributed by atoms with Gasteiger partial charge in [0.2, 0.25) is 5.95 Å². The van der Waals surface area contributed by atoms with E-state index in [1.807, 2.05) is 18.2 Å². The van der Waals surface area contributed by atoms with Crippen molar-refractivity contribution < 1.29 is 9.47 Å². The van der Waals surface area contributed by atoms with Gasteiger partial charge in [-0.15, -0.1) is 0 Å². The Morgan fingerprint density at radius 3 is 2.62 bits per heavy atom. The van der Waals surface area contributed by atoms with Gasteiger partial charge in [0.15, 0.2) is 11.5 Å². The number of benzene rings is 1. The molecule has 6 nitrogen and oxygen atoms in total. The van der Waals surface area contributed by atoms with E-state index in [4.69, 9.17) is 20.9 Å². The van der Waals surface area contributed by atoms with Gasteiger partial charge < -0.3 is 20.9 Å². The van der Waals surface area contributed by atoms with Gasteiger partial charge in [-0.3, -0.25) is 0 Å². The molecular weight excluding hydrogens is 304 g/mol. The molecule has 24 heavy (non-hydrogen) atoms. The van der Waals surface area contributed by atoms with Crippen molar-refractivity contribution in [3.8, 4) is 11.5 Å². The van der Waals surface area contributed by atoms with Crippen molar-refractivity contribution in [1.82, 2.24) is 9.97 Å². The Bertz CT molecular complexity index is 699. The summed E-state index contributed by atoms with van der Waals surface area (Å²) in [6, 6.07) is 5.97. The fraction of sp³-hybridized carbons (Fsp3) is 0.444. The van der Waals surface area contributed by atoms with E-state index in [0.717, 1.165) is 35.5 Å². The number of aromatic nitrogens is 2. The molecule has 0 spiro atoms. The predicted octanol–water partition coefficient (Wildman–Crippen LogP) is 2.95. The molecule has 128 valence electrons. The van der Waals surface area contributed by atoms with E-state index >= 15 is 0 Å². The van der Waals surface area contributed by atoms with Crippen LogP contribution < -0.4 is 20.9 Å². The number of hydrogen-bond donors (Lipinski definition) is 2. The monoisotopic (exact) mass is 328 g/mol. The summed E-state index contributed by atoms with van der Waals surface area (Å²) in [5.74, 6) is 2.14. The van der Waals surface area contributed by atoms with Crippen LogP contribution in [0.25, 0.3) is 0 Å². The minimum absolute atomic E-state index is 0.185. The molecule has 1 aromatic carbocycles. The number of methoxy groups -OCH3 is 1. The van der Waals surface area contributed by atoms with Crippen LogP contribution in [0.3, 0.4) is 0 Å². The predicted molar refractivity (Wildman–Crippen MR) is 94.2 cm³/mol. The summed E-state index contributed by atoms with van der Waals surface area (Å²) < 4.78 is 11.6. The maximum Gasteiger partial charge on any atom is 0.221 e. The number of nitrogens with two attached hydrogens (primary N) is 2. The van der Waals surface area contributed by atoms with E-state index in [0.29, 0.717) is 18.3 Å². The number of ether oxygens (including phenoxy) is 2. The smallest absolute Gasteiger partial charge is 0.221 e. The topological polar surface area (TPSA) is 96.3 Å². The summed E-state index contributed by atoms with van der Waals surface area (Å²) in [6.45, 7) is 0. The third-order valence-electron chi connectivity index (χ3n) is 4.39. The molecule has 1 aromatic heterocycles. The van der Waals surface area contributed by atoms with Gasteiger partial charge >= 0.3 is 0 Å². The highest BCUT2D eigenvalue weighted by Gasteiger charge is 2.17. The van der Waals surface area contributed by atoms with Crippen LogP contribution >= 0.6 is 0 Å². The molecular formula is C18H24N4O2. The lowest BCUT2D eigenvalue weighted by Crippen LogP contribution is -2.19. The third-order valence-corrected chi connectivity index (χ3v) is 4.39. The number of hydrogen-bond acceptors (Lipinski definition) is 6. The van der Waals surface area contributed by atoms with E-state index in [1.54, 1.807) is 13.3 Å². The zero-order chi connectivity index (χ0) is 16.9. The molecule has 4 N–H and O–H groups in total.